The Morgan fingerprint density at radius 1 is 1.10 bits per heavy atom. The summed E-state index contributed by atoms with van der Waals surface area (Å²) in [6.45, 7) is 7.33. The molecule has 0 aromatic heterocycles. The first-order chi connectivity index (χ1) is 4.70. The average molecular weight is 136 g/mol. The van der Waals surface area contributed by atoms with Gasteiger partial charge in [0.2, 0.25) is 0 Å². The topological polar surface area (TPSA) is 0 Å². The van der Waals surface area contributed by atoms with Gasteiger partial charge in [0.25, 0.3) is 0 Å². The van der Waals surface area contributed by atoms with E-state index >= 15 is 0 Å². The molecule has 3 fully saturated rings. The highest BCUT2D eigenvalue weighted by Gasteiger charge is 2.86. The van der Waals surface area contributed by atoms with Crippen LogP contribution in [0.25, 0.3) is 0 Å². The van der Waals surface area contributed by atoms with E-state index in [0.29, 0.717) is 0 Å². The molecule has 0 saturated heterocycles. The summed E-state index contributed by atoms with van der Waals surface area (Å²) in [7, 11) is 0. The predicted octanol–water partition coefficient (Wildman–Crippen LogP) is 2.54. The lowest BCUT2D eigenvalue weighted by Gasteiger charge is -2.11. The second-order valence-electron chi connectivity index (χ2n) is 4.92. The lowest BCUT2D eigenvalue weighted by molar-refractivity contribution is 0.366. The van der Waals surface area contributed by atoms with E-state index in [9.17, 15) is 0 Å². The number of hydrogen-bond acceptors (Lipinski definition) is 0. The minimum atomic E-state index is 0.916. The Hall–Kier alpha value is 0. The first-order valence-electron chi connectivity index (χ1n) is 4.70. The van der Waals surface area contributed by atoms with E-state index in [-0.39, 0.29) is 0 Å². The molecule has 0 aromatic rings. The molecule has 0 radical (unpaired) electrons. The van der Waals surface area contributed by atoms with Crippen molar-refractivity contribution in [3.05, 3.63) is 0 Å². The number of hydrogen-bond donors (Lipinski definition) is 0. The van der Waals surface area contributed by atoms with Gasteiger partial charge in [-0.3, -0.25) is 0 Å². The molecule has 4 unspecified atom stereocenters. The molecule has 3 aliphatic carbocycles. The van der Waals surface area contributed by atoms with Gasteiger partial charge in [0.05, 0.1) is 0 Å². The summed E-state index contributed by atoms with van der Waals surface area (Å²) in [5.41, 5.74) is 0.916. The highest BCUT2D eigenvalue weighted by molar-refractivity contribution is 5.33. The van der Waals surface area contributed by atoms with Gasteiger partial charge in [-0.25, -0.2) is 0 Å². The van der Waals surface area contributed by atoms with E-state index in [1.54, 1.807) is 6.42 Å². The zero-order valence-corrected chi connectivity index (χ0v) is 7.09. The fourth-order valence-corrected chi connectivity index (χ4v) is 3.97. The maximum Gasteiger partial charge on any atom is -0.0176 e. The fourth-order valence-electron chi connectivity index (χ4n) is 3.97. The van der Waals surface area contributed by atoms with Gasteiger partial charge in [-0.2, -0.15) is 0 Å². The molecule has 0 heterocycles. The van der Waals surface area contributed by atoms with Crippen LogP contribution < -0.4 is 0 Å². The van der Waals surface area contributed by atoms with Crippen molar-refractivity contribution in [2.45, 2.75) is 27.2 Å². The second kappa shape index (κ2) is 1.19. The van der Waals surface area contributed by atoms with Gasteiger partial charge in [0, 0.05) is 0 Å². The molecule has 0 nitrogen and oxygen atoms in total. The van der Waals surface area contributed by atoms with Gasteiger partial charge in [0.1, 0.15) is 0 Å². The Morgan fingerprint density at radius 3 is 1.70 bits per heavy atom. The summed E-state index contributed by atoms with van der Waals surface area (Å²) >= 11 is 0. The molecule has 10 heavy (non-hydrogen) atoms. The van der Waals surface area contributed by atoms with E-state index in [0.717, 1.165) is 29.1 Å². The minimum Gasteiger partial charge on any atom is -0.0622 e. The SMILES string of the molecule is CC1CC1C12C(C)C1C2C. The number of fused-ring (bicyclic) bond motifs is 1. The molecular weight excluding hydrogens is 120 g/mol. The molecule has 3 aliphatic rings. The Kier molecular flexibility index (Phi) is 0.669. The summed E-state index contributed by atoms with van der Waals surface area (Å²) in [6, 6.07) is 0. The van der Waals surface area contributed by atoms with Gasteiger partial charge in [-0.15, -0.1) is 0 Å². The van der Waals surface area contributed by atoms with Crippen LogP contribution in [0.2, 0.25) is 0 Å². The van der Waals surface area contributed by atoms with E-state index < -0.39 is 0 Å². The molecule has 3 rings (SSSR count). The molecule has 0 bridgehead atoms. The summed E-state index contributed by atoms with van der Waals surface area (Å²) in [5.74, 6) is 5.62. The molecule has 3 saturated carbocycles. The standard InChI is InChI=1S/C10H16/c1-5-4-8(5)10-6(2)9(10)7(10)3/h5-9H,4H2,1-3H3. The van der Waals surface area contributed by atoms with Crippen LogP contribution >= 0.6 is 0 Å². The summed E-state index contributed by atoms with van der Waals surface area (Å²) in [4.78, 5) is 0. The lowest BCUT2D eigenvalue weighted by atomic mass is 9.94. The quantitative estimate of drug-likeness (QED) is 0.519. The van der Waals surface area contributed by atoms with Crippen LogP contribution in [-0.4, -0.2) is 0 Å². The summed E-state index contributed by atoms with van der Waals surface area (Å²) in [6.07, 6.45) is 1.55. The zero-order chi connectivity index (χ0) is 7.09. The van der Waals surface area contributed by atoms with Crippen LogP contribution in [0.3, 0.4) is 0 Å². The average Bonchev–Trinajstić information content (AvgIpc) is 2.73. The maximum absolute atomic E-state index is 2.45. The van der Waals surface area contributed by atoms with Gasteiger partial charge >= 0.3 is 0 Å². The van der Waals surface area contributed by atoms with Crippen molar-refractivity contribution in [2.24, 2.45) is 35.0 Å². The van der Waals surface area contributed by atoms with Crippen LogP contribution in [0.5, 0.6) is 0 Å². The third-order valence-corrected chi connectivity index (χ3v) is 4.77. The van der Waals surface area contributed by atoms with Crippen LogP contribution in [0.15, 0.2) is 0 Å². The van der Waals surface area contributed by atoms with Crippen molar-refractivity contribution in [3.8, 4) is 0 Å². The van der Waals surface area contributed by atoms with E-state index in [2.05, 4.69) is 20.8 Å². The molecule has 0 heteroatoms. The normalized spacial score (nSPS) is 76.5. The molecule has 0 aliphatic heterocycles. The van der Waals surface area contributed by atoms with Crippen molar-refractivity contribution in [1.82, 2.24) is 0 Å². The largest absolute Gasteiger partial charge is 0.0622 e. The monoisotopic (exact) mass is 136 g/mol. The molecule has 4 atom stereocenters. The van der Waals surface area contributed by atoms with Crippen LogP contribution in [-0.2, 0) is 0 Å². The third kappa shape index (κ3) is 0.339. The van der Waals surface area contributed by atoms with Crippen molar-refractivity contribution in [1.29, 1.82) is 0 Å². The van der Waals surface area contributed by atoms with Crippen molar-refractivity contribution in [3.63, 3.8) is 0 Å². The van der Waals surface area contributed by atoms with Crippen LogP contribution in [0.4, 0.5) is 0 Å². The molecule has 0 amide bonds. The zero-order valence-electron chi connectivity index (χ0n) is 7.09. The van der Waals surface area contributed by atoms with E-state index in [4.69, 9.17) is 0 Å². The summed E-state index contributed by atoms with van der Waals surface area (Å²) in [5, 5.41) is 0. The third-order valence-electron chi connectivity index (χ3n) is 4.77. The Morgan fingerprint density at radius 2 is 1.60 bits per heavy atom. The Balaban J connectivity index is 1.83. The Bertz CT molecular complexity index is 184. The lowest BCUT2D eigenvalue weighted by Crippen LogP contribution is -2.06. The molecule has 56 valence electrons. The smallest absolute Gasteiger partial charge is 0.0176 e. The Labute approximate surface area is 63.0 Å². The van der Waals surface area contributed by atoms with Crippen LogP contribution in [0.1, 0.15) is 27.2 Å². The highest BCUT2D eigenvalue weighted by atomic mass is 14.9. The first kappa shape index (κ1) is 5.62. The van der Waals surface area contributed by atoms with Crippen molar-refractivity contribution >= 4 is 0 Å². The molecule has 0 spiro atoms. The van der Waals surface area contributed by atoms with Gasteiger partial charge in [-0.1, -0.05) is 20.8 Å². The molecule has 0 aromatic carbocycles. The molecule has 0 N–H and O–H groups in total. The number of rotatable bonds is 1. The van der Waals surface area contributed by atoms with Crippen molar-refractivity contribution < 1.29 is 0 Å². The van der Waals surface area contributed by atoms with Gasteiger partial charge < -0.3 is 0 Å². The summed E-state index contributed by atoms with van der Waals surface area (Å²) < 4.78 is 0. The predicted molar refractivity (Wildman–Crippen MR) is 41.5 cm³/mol. The van der Waals surface area contributed by atoms with Gasteiger partial charge in [-0.05, 0) is 41.4 Å². The van der Waals surface area contributed by atoms with Crippen LogP contribution in [0, 0.1) is 35.0 Å². The highest BCUT2D eigenvalue weighted by Crippen LogP contribution is 2.90. The van der Waals surface area contributed by atoms with E-state index in [1.807, 2.05) is 0 Å². The van der Waals surface area contributed by atoms with Crippen molar-refractivity contribution in [2.75, 3.05) is 0 Å². The molecular formula is C10H16. The van der Waals surface area contributed by atoms with Gasteiger partial charge in [0.15, 0.2) is 0 Å². The first-order valence-corrected chi connectivity index (χ1v) is 4.70. The van der Waals surface area contributed by atoms with E-state index in [1.165, 1.54) is 5.92 Å². The fraction of sp³-hybridized carbons (Fsp3) is 1.00. The maximum atomic E-state index is 2.45. The second-order valence-corrected chi connectivity index (χ2v) is 4.92. The minimum absolute atomic E-state index is 0.916.